The van der Waals surface area contributed by atoms with Gasteiger partial charge in [-0.3, -0.25) is 9.59 Å². The number of thioether (sulfide) groups is 1. The summed E-state index contributed by atoms with van der Waals surface area (Å²) in [6, 6.07) is 15.4. The van der Waals surface area contributed by atoms with Gasteiger partial charge in [-0.05, 0) is 99.3 Å². The van der Waals surface area contributed by atoms with E-state index in [-0.39, 0.29) is 35.9 Å². The normalized spacial score (nSPS) is 28.3. The van der Waals surface area contributed by atoms with Crippen molar-refractivity contribution in [2.45, 2.75) is 83.1 Å². The average molecular weight is 669 g/mol. The van der Waals surface area contributed by atoms with Crippen LogP contribution in [0.3, 0.4) is 0 Å². The smallest absolute Gasteiger partial charge is 0.263 e. The largest absolute Gasteiger partial charge is 0.340 e. The minimum Gasteiger partial charge on any atom is -0.340 e. The summed E-state index contributed by atoms with van der Waals surface area (Å²) in [4.78, 5) is 43.2. The Balaban J connectivity index is 1.39. The van der Waals surface area contributed by atoms with Crippen molar-refractivity contribution in [3.63, 3.8) is 0 Å². The molecule has 7 nitrogen and oxygen atoms in total. The first kappa shape index (κ1) is 32.4. The Morgan fingerprint density at radius 1 is 1.04 bits per heavy atom. The number of amides is 2. The summed E-state index contributed by atoms with van der Waals surface area (Å²) in [7, 11) is 4.01. The lowest BCUT2D eigenvalue weighted by molar-refractivity contribution is -0.143. The van der Waals surface area contributed by atoms with E-state index in [1.54, 1.807) is 0 Å². The number of carbonyl (C=O) groups excluding carboxylic acids is 2. The number of hydrogen-bond acceptors (Lipinski definition) is 6. The fraction of sp³-hybridized carbons (Fsp3) is 0.514. The van der Waals surface area contributed by atoms with E-state index in [1.165, 1.54) is 11.8 Å². The van der Waals surface area contributed by atoms with Crippen molar-refractivity contribution in [3.05, 3.63) is 80.3 Å². The molecular weight excluding hydrogens is 625 g/mol. The molecule has 0 bridgehead atoms. The molecule has 2 fully saturated rings. The maximum Gasteiger partial charge on any atom is 0.263 e. The Morgan fingerprint density at radius 3 is 2.27 bits per heavy atom. The van der Waals surface area contributed by atoms with Gasteiger partial charge in [0.05, 0.1) is 6.04 Å². The van der Waals surface area contributed by atoms with Crippen LogP contribution in [0.5, 0.6) is 0 Å². The van der Waals surface area contributed by atoms with Crippen molar-refractivity contribution in [1.82, 2.24) is 19.6 Å². The number of halogens is 2. The molecule has 6 rings (SSSR count). The van der Waals surface area contributed by atoms with Gasteiger partial charge < -0.3 is 19.6 Å². The van der Waals surface area contributed by atoms with E-state index in [1.807, 2.05) is 53.2 Å². The fourth-order valence-corrected chi connectivity index (χ4v) is 9.26. The first-order chi connectivity index (χ1) is 21.4. The minimum absolute atomic E-state index is 0.0244. The summed E-state index contributed by atoms with van der Waals surface area (Å²) in [5, 5.41) is 2.15. The molecule has 5 atom stereocenters. The zero-order valence-corrected chi connectivity index (χ0v) is 29.3. The summed E-state index contributed by atoms with van der Waals surface area (Å²) < 4.78 is 0. The Hall–Kier alpha value is -2.52. The molecule has 2 aromatic carbocycles. The number of likely N-dealkylation sites (N-methyl/N-ethyl adjacent to an activating group) is 2. The van der Waals surface area contributed by atoms with Crippen LogP contribution in [0.15, 0.2) is 64.1 Å². The zero-order chi connectivity index (χ0) is 32.2. The summed E-state index contributed by atoms with van der Waals surface area (Å²) in [6.07, 6.45) is 3.30. The van der Waals surface area contributed by atoms with Crippen LogP contribution in [0.1, 0.15) is 70.5 Å². The van der Waals surface area contributed by atoms with Gasteiger partial charge >= 0.3 is 0 Å². The number of carbonyl (C=O) groups is 2. The lowest BCUT2D eigenvalue weighted by Crippen LogP contribution is -2.52. The molecule has 240 valence electrons. The topological polar surface area (TPSA) is 59.5 Å². The molecule has 0 aromatic heterocycles. The van der Waals surface area contributed by atoms with Gasteiger partial charge in [-0.15, -0.1) is 0 Å². The summed E-state index contributed by atoms with van der Waals surface area (Å²) in [5.41, 5.74) is 2.43. The van der Waals surface area contributed by atoms with Crippen molar-refractivity contribution in [2.24, 2.45) is 10.9 Å². The number of likely N-dealkylation sites (tertiary alicyclic amines) is 2. The van der Waals surface area contributed by atoms with Crippen LogP contribution in [-0.2, 0) is 15.1 Å². The van der Waals surface area contributed by atoms with Gasteiger partial charge in [0, 0.05) is 41.4 Å². The monoisotopic (exact) mass is 667 g/mol. The lowest BCUT2D eigenvalue weighted by Gasteiger charge is -2.37. The van der Waals surface area contributed by atoms with Crippen LogP contribution < -0.4 is 0 Å². The molecule has 0 spiro atoms. The number of rotatable bonds is 7. The van der Waals surface area contributed by atoms with Gasteiger partial charge in [-0.1, -0.05) is 68.2 Å². The third kappa shape index (κ3) is 5.70. The van der Waals surface area contributed by atoms with Gasteiger partial charge in [0.15, 0.2) is 5.17 Å². The van der Waals surface area contributed by atoms with Gasteiger partial charge in [0.2, 0.25) is 5.91 Å². The van der Waals surface area contributed by atoms with Gasteiger partial charge in [0.25, 0.3) is 5.91 Å². The quantitative estimate of drug-likeness (QED) is 0.313. The maximum atomic E-state index is 14.8. The van der Waals surface area contributed by atoms with Crippen LogP contribution in [0.4, 0.5) is 0 Å². The highest BCUT2D eigenvalue weighted by Gasteiger charge is 2.54. The van der Waals surface area contributed by atoms with E-state index >= 15 is 0 Å². The molecule has 45 heavy (non-hydrogen) atoms. The first-order valence-electron chi connectivity index (χ1n) is 16.0. The highest BCUT2D eigenvalue weighted by atomic mass is 35.5. The van der Waals surface area contributed by atoms with Crippen molar-refractivity contribution in [1.29, 1.82) is 0 Å². The highest BCUT2D eigenvalue weighted by molar-refractivity contribution is 8.18. The van der Waals surface area contributed by atoms with E-state index < -0.39 is 11.6 Å². The fourth-order valence-electron chi connectivity index (χ4n) is 7.66. The second-order valence-electron chi connectivity index (χ2n) is 13.4. The number of aliphatic imine (C=N–C) groups is 1. The summed E-state index contributed by atoms with van der Waals surface area (Å²) in [5.74, 6) is 0.0463. The highest BCUT2D eigenvalue weighted by Crippen LogP contribution is 2.56. The molecule has 2 saturated heterocycles. The second-order valence-corrected chi connectivity index (χ2v) is 15.2. The molecule has 2 amide bonds. The molecule has 10 heteroatoms. The minimum atomic E-state index is -0.634. The molecule has 0 aliphatic carbocycles. The zero-order valence-electron chi connectivity index (χ0n) is 27.0. The predicted octanol–water partition coefficient (Wildman–Crippen LogP) is 7.17. The molecule has 2 aromatic rings. The molecule has 4 aliphatic heterocycles. The van der Waals surface area contributed by atoms with E-state index in [9.17, 15) is 9.59 Å². The van der Waals surface area contributed by atoms with E-state index in [2.05, 4.69) is 56.7 Å². The summed E-state index contributed by atoms with van der Waals surface area (Å²) >= 11 is 14.1. The van der Waals surface area contributed by atoms with E-state index in [4.69, 9.17) is 28.2 Å². The molecule has 4 aliphatic rings. The van der Waals surface area contributed by atoms with Gasteiger partial charge in [0.1, 0.15) is 16.5 Å². The van der Waals surface area contributed by atoms with Crippen molar-refractivity contribution in [2.75, 3.05) is 27.2 Å². The second kappa shape index (κ2) is 12.6. The standard InChI is InChI=1S/C35H43Cl2N5O2S/c1-7-26-16-17-28(32(43)40(6)27-18-19-39(5)20-27)41(26)33(44)30-29(21(2)3)42-31(22-8-12-24(36)13-9-22)35(4,38-34(42)45-30)23-10-14-25(37)15-11-23/h8-15,21,26-28,31H,7,16-20H2,1-6H3/t26?,27-,28-,31+,35-/m0/s1. The Morgan fingerprint density at radius 2 is 1.69 bits per heavy atom. The van der Waals surface area contributed by atoms with Crippen molar-refractivity contribution in [3.8, 4) is 0 Å². The Kier molecular flexibility index (Phi) is 9.07. The first-order valence-corrected chi connectivity index (χ1v) is 17.6. The van der Waals surface area contributed by atoms with Crippen LogP contribution in [0, 0.1) is 5.92 Å². The predicted molar refractivity (Wildman–Crippen MR) is 184 cm³/mol. The van der Waals surface area contributed by atoms with Crippen LogP contribution >= 0.6 is 35.0 Å². The number of fused-ring (bicyclic) bond motifs is 1. The number of allylic oxidation sites excluding steroid dienone is 1. The van der Waals surface area contributed by atoms with Crippen molar-refractivity contribution >= 4 is 51.9 Å². The number of amidine groups is 1. The molecule has 0 N–H and O–H groups in total. The summed E-state index contributed by atoms with van der Waals surface area (Å²) in [6.45, 7) is 10.4. The van der Waals surface area contributed by atoms with Crippen LogP contribution in [-0.4, -0.2) is 81.9 Å². The maximum absolute atomic E-state index is 14.8. The molecule has 0 radical (unpaired) electrons. The third-order valence-corrected chi connectivity index (χ3v) is 11.7. The van der Waals surface area contributed by atoms with Gasteiger partial charge in [-0.2, -0.15) is 0 Å². The average Bonchev–Trinajstić information content (AvgIpc) is 3.78. The Labute approximate surface area is 281 Å². The molecule has 0 saturated carbocycles. The van der Waals surface area contributed by atoms with Crippen LogP contribution in [0.25, 0.3) is 0 Å². The number of nitrogens with zero attached hydrogens (tertiary/aromatic N) is 5. The van der Waals surface area contributed by atoms with E-state index in [0.717, 1.165) is 54.3 Å². The number of hydrogen-bond donors (Lipinski definition) is 0. The molecule has 1 unspecified atom stereocenters. The van der Waals surface area contributed by atoms with E-state index in [0.29, 0.717) is 21.4 Å². The lowest BCUT2D eigenvalue weighted by atomic mass is 9.81. The third-order valence-electron chi connectivity index (χ3n) is 10.1. The van der Waals surface area contributed by atoms with Crippen LogP contribution in [0.2, 0.25) is 10.0 Å². The number of benzene rings is 2. The van der Waals surface area contributed by atoms with Crippen molar-refractivity contribution < 1.29 is 9.59 Å². The SMILES string of the molecule is CCC1CC[C@@H](C(=O)N(C)[C@H]2CCN(C)C2)N1C(=O)C1=C(C(C)C)N2C(=N[C@@](C)(c3ccc(Cl)cc3)[C@H]2c2ccc(Cl)cc2)S1. The molecule has 4 heterocycles. The molecular formula is C35H43Cl2N5O2S. The van der Waals surface area contributed by atoms with Gasteiger partial charge in [-0.25, -0.2) is 4.99 Å². The Bertz CT molecular complexity index is 1530.